The highest BCUT2D eigenvalue weighted by Gasteiger charge is 2.16. The summed E-state index contributed by atoms with van der Waals surface area (Å²) in [6.45, 7) is 1.50. The molecule has 1 aromatic heterocycles. The SMILES string of the molecule is O=C(Cn1ccc(=O)c2ccc(Br)cc21)NC[C@H]1CCCO1. The van der Waals surface area contributed by atoms with Gasteiger partial charge in [0.05, 0.1) is 11.6 Å². The van der Waals surface area contributed by atoms with Crippen molar-refractivity contribution in [1.29, 1.82) is 0 Å². The van der Waals surface area contributed by atoms with Crippen molar-refractivity contribution < 1.29 is 9.53 Å². The first-order valence-corrected chi connectivity index (χ1v) is 8.10. The zero-order valence-corrected chi connectivity index (χ0v) is 13.6. The number of halogens is 1. The number of pyridine rings is 1. The number of ether oxygens (including phenoxy) is 1. The Balaban J connectivity index is 1.75. The molecular weight excluding hydrogens is 348 g/mol. The monoisotopic (exact) mass is 364 g/mol. The fraction of sp³-hybridized carbons (Fsp3) is 0.375. The Morgan fingerprint density at radius 3 is 3.05 bits per heavy atom. The molecule has 5 nitrogen and oxygen atoms in total. The predicted molar refractivity (Wildman–Crippen MR) is 87.9 cm³/mol. The molecule has 1 aliphatic rings. The third-order valence-corrected chi connectivity index (χ3v) is 4.30. The fourth-order valence-corrected chi connectivity index (χ4v) is 3.01. The van der Waals surface area contributed by atoms with Crippen molar-refractivity contribution in [2.45, 2.75) is 25.5 Å². The first-order valence-electron chi connectivity index (χ1n) is 7.30. The van der Waals surface area contributed by atoms with E-state index in [0.29, 0.717) is 11.9 Å². The van der Waals surface area contributed by atoms with E-state index in [-0.39, 0.29) is 24.0 Å². The van der Waals surface area contributed by atoms with Crippen molar-refractivity contribution in [3.8, 4) is 0 Å². The number of carbonyl (C=O) groups excluding carboxylic acids is 1. The molecular formula is C16H17BrN2O3. The molecule has 0 aliphatic carbocycles. The molecule has 1 aromatic carbocycles. The van der Waals surface area contributed by atoms with Crippen LogP contribution in [0.25, 0.3) is 10.9 Å². The lowest BCUT2D eigenvalue weighted by Gasteiger charge is -2.13. The Morgan fingerprint density at radius 2 is 2.27 bits per heavy atom. The fourth-order valence-electron chi connectivity index (χ4n) is 2.66. The van der Waals surface area contributed by atoms with Crippen molar-refractivity contribution in [2.24, 2.45) is 0 Å². The van der Waals surface area contributed by atoms with E-state index in [4.69, 9.17) is 4.74 Å². The van der Waals surface area contributed by atoms with Gasteiger partial charge in [0.1, 0.15) is 6.54 Å². The summed E-state index contributed by atoms with van der Waals surface area (Å²) in [6.07, 6.45) is 3.83. The first-order chi connectivity index (χ1) is 10.6. The van der Waals surface area contributed by atoms with Gasteiger partial charge in [-0.3, -0.25) is 9.59 Å². The third kappa shape index (κ3) is 3.39. The normalized spacial score (nSPS) is 17.8. The molecule has 1 saturated heterocycles. The Labute approximate surface area is 136 Å². The van der Waals surface area contributed by atoms with Gasteiger partial charge < -0.3 is 14.6 Å². The molecule has 0 saturated carbocycles. The van der Waals surface area contributed by atoms with E-state index in [1.54, 1.807) is 16.8 Å². The summed E-state index contributed by atoms with van der Waals surface area (Å²) in [6, 6.07) is 6.93. The lowest BCUT2D eigenvalue weighted by Crippen LogP contribution is -2.34. The van der Waals surface area contributed by atoms with Crippen LogP contribution >= 0.6 is 15.9 Å². The van der Waals surface area contributed by atoms with Crippen molar-refractivity contribution in [2.75, 3.05) is 13.2 Å². The van der Waals surface area contributed by atoms with Gasteiger partial charge in [0.25, 0.3) is 0 Å². The number of nitrogens with one attached hydrogen (secondary N) is 1. The highest BCUT2D eigenvalue weighted by molar-refractivity contribution is 9.10. The van der Waals surface area contributed by atoms with E-state index < -0.39 is 0 Å². The van der Waals surface area contributed by atoms with Crippen molar-refractivity contribution in [3.05, 3.63) is 45.2 Å². The number of hydrogen-bond acceptors (Lipinski definition) is 3. The van der Waals surface area contributed by atoms with Crippen LogP contribution in [-0.2, 0) is 16.1 Å². The van der Waals surface area contributed by atoms with E-state index in [2.05, 4.69) is 21.2 Å². The number of benzene rings is 1. The third-order valence-electron chi connectivity index (χ3n) is 3.81. The van der Waals surface area contributed by atoms with Crippen LogP contribution in [0.2, 0.25) is 0 Å². The van der Waals surface area contributed by atoms with Crippen molar-refractivity contribution in [1.82, 2.24) is 9.88 Å². The minimum Gasteiger partial charge on any atom is -0.376 e. The molecule has 3 rings (SSSR count). The summed E-state index contributed by atoms with van der Waals surface area (Å²) in [5.41, 5.74) is 0.702. The second kappa shape index (κ2) is 6.62. The molecule has 0 radical (unpaired) electrons. The van der Waals surface area contributed by atoms with Crippen molar-refractivity contribution >= 4 is 32.7 Å². The van der Waals surface area contributed by atoms with Crippen LogP contribution in [0.15, 0.2) is 39.7 Å². The summed E-state index contributed by atoms with van der Waals surface area (Å²) >= 11 is 3.40. The van der Waals surface area contributed by atoms with E-state index in [1.807, 2.05) is 12.1 Å². The smallest absolute Gasteiger partial charge is 0.240 e. The number of rotatable bonds is 4. The highest BCUT2D eigenvalue weighted by atomic mass is 79.9. The summed E-state index contributed by atoms with van der Waals surface area (Å²) in [4.78, 5) is 24.0. The average molecular weight is 365 g/mol. The molecule has 1 aliphatic heterocycles. The molecule has 0 spiro atoms. The molecule has 0 bridgehead atoms. The molecule has 6 heteroatoms. The van der Waals surface area contributed by atoms with Gasteiger partial charge in [0.2, 0.25) is 5.91 Å². The van der Waals surface area contributed by atoms with Crippen LogP contribution in [0.5, 0.6) is 0 Å². The zero-order chi connectivity index (χ0) is 15.5. The Kier molecular flexibility index (Phi) is 4.59. The molecule has 116 valence electrons. The molecule has 2 aromatic rings. The van der Waals surface area contributed by atoms with Gasteiger partial charge in [-0.1, -0.05) is 15.9 Å². The van der Waals surface area contributed by atoms with Crippen LogP contribution in [0.4, 0.5) is 0 Å². The summed E-state index contributed by atoms with van der Waals surface area (Å²) in [5.74, 6) is -0.0829. The van der Waals surface area contributed by atoms with Gasteiger partial charge in [-0.25, -0.2) is 0 Å². The minimum atomic E-state index is -0.0829. The van der Waals surface area contributed by atoms with Gasteiger partial charge in [-0.2, -0.15) is 0 Å². The Bertz CT molecular complexity index is 751. The molecule has 22 heavy (non-hydrogen) atoms. The molecule has 1 fully saturated rings. The summed E-state index contributed by atoms with van der Waals surface area (Å²) in [7, 11) is 0. The van der Waals surface area contributed by atoms with E-state index in [9.17, 15) is 9.59 Å². The van der Waals surface area contributed by atoms with Gasteiger partial charge in [-0.15, -0.1) is 0 Å². The van der Waals surface area contributed by atoms with Crippen LogP contribution in [0, 0.1) is 0 Å². The maximum atomic E-state index is 12.1. The van der Waals surface area contributed by atoms with Gasteiger partial charge in [0, 0.05) is 35.3 Å². The average Bonchev–Trinajstić information content (AvgIpc) is 3.01. The standard InChI is InChI=1S/C16H17BrN2O3/c17-11-3-4-13-14(8-11)19(6-5-15(13)20)10-16(21)18-9-12-2-1-7-22-12/h3-6,8,12H,1-2,7,9-10H2,(H,18,21)/t12-/m1/s1. The van der Waals surface area contributed by atoms with Crippen LogP contribution in [-0.4, -0.2) is 29.7 Å². The summed E-state index contributed by atoms with van der Waals surface area (Å²) < 4.78 is 8.14. The number of amides is 1. The second-order valence-electron chi connectivity index (χ2n) is 5.41. The molecule has 0 unspecified atom stereocenters. The van der Waals surface area contributed by atoms with E-state index in [1.165, 1.54) is 6.07 Å². The molecule has 1 N–H and O–H groups in total. The summed E-state index contributed by atoms with van der Waals surface area (Å²) in [5, 5.41) is 3.50. The largest absolute Gasteiger partial charge is 0.376 e. The number of fused-ring (bicyclic) bond motifs is 1. The van der Waals surface area contributed by atoms with E-state index in [0.717, 1.165) is 29.4 Å². The zero-order valence-electron chi connectivity index (χ0n) is 12.0. The lowest BCUT2D eigenvalue weighted by atomic mass is 10.2. The van der Waals surface area contributed by atoms with Gasteiger partial charge in [0.15, 0.2) is 5.43 Å². The molecule has 2 heterocycles. The van der Waals surface area contributed by atoms with E-state index >= 15 is 0 Å². The quantitative estimate of drug-likeness (QED) is 0.903. The van der Waals surface area contributed by atoms with Gasteiger partial charge in [-0.05, 0) is 31.0 Å². The number of aromatic nitrogens is 1. The lowest BCUT2D eigenvalue weighted by molar-refractivity contribution is -0.122. The van der Waals surface area contributed by atoms with Gasteiger partial charge >= 0.3 is 0 Å². The van der Waals surface area contributed by atoms with Crippen LogP contribution in [0.3, 0.4) is 0 Å². The number of hydrogen-bond donors (Lipinski definition) is 1. The highest BCUT2D eigenvalue weighted by Crippen LogP contribution is 2.17. The number of nitrogens with zero attached hydrogens (tertiary/aromatic N) is 1. The second-order valence-corrected chi connectivity index (χ2v) is 6.32. The first kappa shape index (κ1) is 15.2. The maximum Gasteiger partial charge on any atom is 0.240 e. The van der Waals surface area contributed by atoms with Crippen molar-refractivity contribution in [3.63, 3.8) is 0 Å². The molecule has 1 amide bonds. The topological polar surface area (TPSA) is 60.3 Å². The predicted octanol–water partition coefficient (Wildman–Crippen LogP) is 2.06. The van der Waals surface area contributed by atoms with Crippen LogP contribution < -0.4 is 10.7 Å². The van der Waals surface area contributed by atoms with Crippen LogP contribution in [0.1, 0.15) is 12.8 Å². The minimum absolute atomic E-state index is 0.0430. The molecule has 1 atom stereocenters. The number of carbonyl (C=O) groups is 1. The maximum absolute atomic E-state index is 12.1. The Hall–Kier alpha value is -1.66. The Morgan fingerprint density at radius 1 is 1.41 bits per heavy atom.